The van der Waals surface area contributed by atoms with Crippen molar-refractivity contribution in [3.8, 4) is 0 Å². The van der Waals surface area contributed by atoms with E-state index in [2.05, 4.69) is 30.7 Å². The molecule has 3 aromatic rings. The lowest BCUT2D eigenvalue weighted by Crippen LogP contribution is -2.36. The Morgan fingerprint density at radius 1 is 1.22 bits per heavy atom. The van der Waals surface area contributed by atoms with Gasteiger partial charge in [0.05, 0.1) is 6.04 Å². The molecule has 1 fully saturated rings. The van der Waals surface area contributed by atoms with Crippen LogP contribution in [0.5, 0.6) is 0 Å². The molecule has 4 rings (SSSR count). The molecule has 3 aromatic heterocycles. The van der Waals surface area contributed by atoms with Gasteiger partial charge in [-0.1, -0.05) is 0 Å². The molecule has 4 heterocycles. The largest absolute Gasteiger partial charge is 0.435 e. The minimum absolute atomic E-state index is 0.0127. The van der Waals surface area contributed by atoms with Crippen molar-refractivity contribution in [1.82, 2.24) is 30.0 Å². The van der Waals surface area contributed by atoms with E-state index < -0.39 is 17.9 Å². The second-order valence-corrected chi connectivity index (χ2v) is 7.63. The van der Waals surface area contributed by atoms with Crippen LogP contribution in [0, 0.1) is 6.92 Å². The molecular formula is C21H22F3N7O. The van der Waals surface area contributed by atoms with Crippen molar-refractivity contribution < 1.29 is 18.0 Å². The fourth-order valence-electron chi connectivity index (χ4n) is 3.86. The van der Waals surface area contributed by atoms with Crippen molar-refractivity contribution in [2.24, 2.45) is 0 Å². The van der Waals surface area contributed by atoms with Gasteiger partial charge in [-0.05, 0) is 49.9 Å². The van der Waals surface area contributed by atoms with Crippen molar-refractivity contribution in [2.45, 2.75) is 51.4 Å². The summed E-state index contributed by atoms with van der Waals surface area (Å²) in [4.78, 5) is 25.0. The summed E-state index contributed by atoms with van der Waals surface area (Å²) in [6.45, 7) is 3.78. The number of amides is 1. The van der Waals surface area contributed by atoms with Crippen LogP contribution in [0.1, 0.15) is 54.4 Å². The third-order valence-corrected chi connectivity index (χ3v) is 5.33. The summed E-state index contributed by atoms with van der Waals surface area (Å²) in [5.41, 5.74) is -0.160. The highest BCUT2D eigenvalue weighted by Crippen LogP contribution is 2.40. The number of nitrogens with zero attached hydrogens (tertiary/aromatic N) is 5. The molecular weight excluding hydrogens is 423 g/mol. The standard InChI is InChI=1S/C21H22F3N7O/c1-3-31-11-15(20(30-31)21(22,23)24)16-8-14(10-19(32)28-16)13-4-6-26-18(9-13)29-17-5-7-25-12(2)27-17/h4-7,9,11,14,16H,3,8,10H2,1-2H3,(H,28,32)(H,25,26,27,29). The molecule has 168 valence electrons. The normalized spacial score (nSPS) is 19.0. The highest BCUT2D eigenvalue weighted by molar-refractivity contribution is 5.78. The number of pyridine rings is 1. The van der Waals surface area contributed by atoms with E-state index in [9.17, 15) is 18.0 Å². The summed E-state index contributed by atoms with van der Waals surface area (Å²) in [7, 11) is 0. The molecule has 0 aromatic carbocycles. The Kier molecular flexibility index (Phi) is 5.81. The number of aromatic nitrogens is 5. The van der Waals surface area contributed by atoms with Gasteiger partial charge in [-0.3, -0.25) is 9.48 Å². The van der Waals surface area contributed by atoms with Crippen molar-refractivity contribution in [3.63, 3.8) is 0 Å². The molecule has 1 aliphatic rings. The van der Waals surface area contributed by atoms with E-state index in [0.29, 0.717) is 30.4 Å². The number of hydrogen-bond donors (Lipinski definition) is 2. The Balaban J connectivity index is 1.60. The summed E-state index contributed by atoms with van der Waals surface area (Å²) in [5, 5.41) is 9.47. The fraction of sp³-hybridized carbons (Fsp3) is 0.381. The number of rotatable bonds is 5. The molecule has 2 atom stereocenters. The first-order valence-electron chi connectivity index (χ1n) is 10.2. The molecule has 32 heavy (non-hydrogen) atoms. The van der Waals surface area contributed by atoms with Crippen molar-refractivity contribution in [2.75, 3.05) is 5.32 Å². The molecule has 1 saturated heterocycles. The summed E-state index contributed by atoms with van der Waals surface area (Å²) in [6.07, 6.45) is 0.489. The lowest BCUT2D eigenvalue weighted by atomic mass is 9.84. The van der Waals surface area contributed by atoms with Crippen molar-refractivity contribution in [1.29, 1.82) is 0 Å². The van der Waals surface area contributed by atoms with Crippen LogP contribution < -0.4 is 10.6 Å². The van der Waals surface area contributed by atoms with Gasteiger partial charge < -0.3 is 10.6 Å². The maximum Gasteiger partial charge on any atom is 0.435 e. The van der Waals surface area contributed by atoms with E-state index in [1.54, 1.807) is 44.4 Å². The van der Waals surface area contributed by atoms with Crippen LogP contribution in [0.25, 0.3) is 0 Å². The number of anilines is 2. The van der Waals surface area contributed by atoms with Gasteiger partial charge in [-0.2, -0.15) is 18.3 Å². The summed E-state index contributed by atoms with van der Waals surface area (Å²) in [6, 6.07) is 4.48. The van der Waals surface area contributed by atoms with E-state index in [1.165, 1.54) is 10.9 Å². The molecule has 2 N–H and O–H groups in total. The maximum absolute atomic E-state index is 13.5. The average Bonchev–Trinajstić information content (AvgIpc) is 3.19. The Bertz CT molecular complexity index is 1130. The Hall–Kier alpha value is -3.50. The van der Waals surface area contributed by atoms with Gasteiger partial charge in [0.25, 0.3) is 0 Å². The summed E-state index contributed by atoms with van der Waals surface area (Å²) in [5.74, 6) is 1.13. The molecule has 2 unspecified atom stereocenters. The summed E-state index contributed by atoms with van der Waals surface area (Å²) < 4.78 is 41.9. The maximum atomic E-state index is 13.5. The van der Waals surface area contributed by atoms with E-state index in [4.69, 9.17) is 0 Å². The minimum Gasteiger partial charge on any atom is -0.349 e. The third-order valence-electron chi connectivity index (χ3n) is 5.33. The van der Waals surface area contributed by atoms with Crippen LogP contribution in [0.15, 0.2) is 36.8 Å². The zero-order valence-corrected chi connectivity index (χ0v) is 17.5. The molecule has 0 bridgehead atoms. The highest BCUT2D eigenvalue weighted by atomic mass is 19.4. The molecule has 0 aliphatic carbocycles. The van der Waals surface area contributed by atoms with Crippen molar-refractivity contribution in [3.05, 3.63) is 59.4 Å². The SMILES string of the molecule is CCn1cc(C2CC(c3ccnc(Nc4ccnc(C)n4)c3)CC(=O)N2)c(C(F)(F)F)n1. The van der Waals surface area contributed by atoms with E-state index in [0.717, 1.165) is 5.56 Å². The highest BCUT2D eigenvalue weighted by Gasteiger charge is 2.41. The Morgan fingerprint density at radius 2 is 2.00 bits per heavy atom. The smallest absolute Gasteiger partial charge is 0.349 e. The Labute approximate surface area is 182 Å². The predicted molar refractivity (Wildman–Crippen MR) is 110 cm³/mol. The van der Waals surface area contributed by atoms with E-state index in [-0.39, 0.29) is 23.8 Å². The van der Waals surface area contributed by atoms with Crippen molar-refractivity contribution >= 4 is 17.5 Å². The van der Waals surface area contributed by atoms with Gasteiger partial charge in [-0.25, -0.2) is 15.0 Å². The molecule has 1 amide bonds. The first-order valence-corrected chi connectivity index (χ1v) is 10.2. The molecule has 1 aliphatic heterocycles. The van der Waals surface area contributed by atoms with Gasteiger partial charge >= 0.3 is 6.18 Å². The Morgan fingerprint density at radius 3 is 2.72 bits per heavy atom. The van der Waals surface area contributed by atoms with Crippen LogP contribution in [0.2, 0.25) is 0 Å². The molecule has 0 radical (unpaired) electrons. The van der Waals surface area contributed by atoms with E-state index >= 15 is 0 Å². The average molecular weight is 445 g/mol. The number of halogens is 3. The van der Waals surface area contributed by atoms with Crippen LogP contribution in [-0.4, -0.2) is 30.6 Å². The quantitative estimate of drug-likeness (QED) is 0.618. The first-order chi connectivity index (χ1) is 15.2. The van der Waals surface area contributed by atoms with Crippen LogP contribution in [-0.2, 0) is 17.5 Å². The molecule has 0 saturated carbocycles. The number of carbonyl (C=O) groups excluding carboxylic acids is 1. The number of hydrogen-bond acceptors (Lipinski definition) is 6. The minimum atomic E-state index is -4.60. The monoisotopic (exact) mass is 445 g/mol. The third kappa shape index (κ3) is 4.71. The van der Waals surface area contributed by atoms with Crippen LogP contribution >= 0.6 is 0 Å². The molecule has 0 spiro atoms. The van der Waals surface area contributed by atoms with Gasteiger partial charge in [0, 0.05) is 37.1 Å². The second kappa shape index (κ2) is 8.56. The fourth-order valence-corrected chi connectivity index (χ4v) is 3.86. The number of carbonyl (C=O) groups is 1. The zero-order chi connectivity index (χ0) is 22.9. The number of aryl methyl sites for hydroxylation is 2. The zero-order valence-electron chi connectivity index (χ0n) is 17.5. The van der Waals surface area contributed by atoms with Crippen LogP contribution in [0.3, 0.4) is 0 Å². The number of alkyl halides is 3. The topological polar surface area (TPSA) is 97.6 Å². The lowest BCUT2D eigenvalue weighted by Gasteiger charge is -2.30. The predicted octanol–water partition coefficient (Wildman–Crippen LogP) is 3.89. The van der Waals surface area contributed by atoms with Gasteiger partial charge in [0.2, 0.25) is 5.91 Å². The second-order valence-electron chi connectivity index (χ2n) is 7.63. The lowest BCUT2D eigenvalue weighted by molar-refractivity contribution is -0.142. The first kappa shape index (κ1) is 21.7. The molecule has 11 heteroatoms. The summed E-state index contributed by atoms with van der Waals surface area (Å²) >= 11 is 0. The van der Waals surface area contributed by atoms with Crippen LogP contribution in [0.4, 0.5) is 24.8 Å². The van der Waals surface area contributed by atoms with Gasteiger partial charge in [0.1, 0.15) is 17.5 Å². The number of piperidine rings is 1. The molecule has 8 nitrogen and oxygen atoms in total. The van der Waals surface area contributed by atoms with Gasteiger partial charge in [-0.15, -0.1) is 0 Å². The van der Waals surface area contributed by atoms with Gasteiger partial charge in [0.15, 0.2) is 5.69 Å². The van der Waals surface area contributed by atoms with E-state index in [1.807, 2.05) is 0 Å². The number of nitrogens with one attached hydrogen (secondary N) is 2.